The van der Waals surface area contributed by atoms with E-state index in [1.54, 1.807) is 18.5 Å². The zero-order valence-electron chi connectivity index (χ0n) is 13.5. The quantitative estimate of drug-likeness (QED) is 0.496. The molecule has 1 aliphatic heterocycles. The molecule has 0 spiro atoms. The number of carbonyl (C=O) groups is 1. The van der Waals surface area contributed by atoms with Crippen molar-refractivity contribution in [2.75, 3.05) is 11.9 Å². The van der Waals surface area contributed by atoms with Crippen LogP contribution in [0.5, 0.6) is 0 Å². The third-order valence-corrected chi connectivity index (χ3v) is 5.52. The second-order valence-corrected chi connectivity index (χ2v) is 7.41. The summed E-state index contributed by atoms with van der Waals surface area (Å²) in [5.41, 5.74) is 3.23. The second kappa shape index (κ2) is 8.36. The van der Waals surface area contributed by atoms with Crippen LogP contribution >= 0.6 is 43.2 Å². The van der Waals surface area contributed by atoms with Crippen molar-refractivity contribution in [1.29, 1.82) is 0 Å². The predicted octanol–water partition coefficient (Wildman–Crippen LogP) is 3.74. The Morgan fingerprint density at radius 2 is 2.27 bits per heavy atom. The molecule has 0 aliphatic carbocycles. The first kappa shape index (κ1) is 19.1. The summed E-state index contributed by atoms with van der Waals surface area (Å²) in [6.07, 6.45) is 0. The van der Waals surface area contributed by atoms with Crippen LogP contribution in [0.3, 0.4) is 0 Å². The molecule has 136 valence electrons. The maximum atomic E-state index is 13.5. The third-order valence-electron chi connectivity index (χ3n) is 3.57. The molecule has 0 radical (unpaired) electrons. The molecule has 1 N–H and O–H groups in total. The molecular formula is C16H13Br2FN4O2S. The van der Waals surface area contributed by atoms with E-state index in [4.69, 9.17) is 4.74 Å². The Kier molecular flexibility index (Phi) is 6.15. The van der Waals surface area contributed by atoms with Crippen LogP contribution in [0.25, 0.3) is 0 Å². The molecule has 3 rings (SSSR count). The van der Waals surface area contributed by atoms with Gasteiger partial charge < -0.3 is 10.1 Å². The number of hydrogen-bond acceptors (Lipinski definition) is 7. The van der Waals surface area contributed by atoms with Crippen LogP contribution in [0, 0.1) is 5.82 Å². The molecule has 1 aromatic heterocycles. The van der Waals surface area contributed by atoms with Gasteiger partial charge in [0, 0.05) is 15.5 Å². The van der Waals surface area contributed by atoms with Crippen LogP contribution in [0.1, 0.15) is 23.5 Å². The summed E-state index contributed by atoms with van der Waals surface area (Å²) in [6.45, 7) is 1.98. The van der Waals surface area contributed by atoms with Crippen molar-refractivity contribution in [1.82, 2.24) is 15.5 Å². The third kappa shape index (κ3) is 3.86. The van der Waals surface area contributed by atoms with Crippen molar-refractivity contribution >= 4 is 55.0 Å². The van der Waals surface area contributed by atoms with Gasteiger partial charge in [0.1, 0.15) is 17.4 Å². The van der Waals surface area contributed by atoms with Crippen molar-refractivity contribution in [3.8, 4) is 0 Å². The minimum absolute atomic E-state index is 0.238. The lowest BCUT2D eigenvalue weighted by Crippen LogP contribution is -2.34. The van der Waals surface area contributed by atoms with Gasteiger partial charge in [-0.25, -0.2) is 9.18 Å². The average Bonchev–Trinajstić information content (AvgIpc) is 3.15. The molecule has 0 saturated carbocycles. The van der Waals surface area contributed by atoms with E-state index in [1.165, 1.54) is 23.5 Å². The molecule has 26 heavy (non-hydrogen) atoms. The van der Waals surface area contributed by atoms with E-state index >= 15 is 0 Å². The Labute approximate surface area is 169 Å². The second-order valence-electron chi connectivity index (χ2n) is 5.16. The van der Waals surface area contributed by atoms with E-state index in [9.17, 15) is 9.18 Å². The molecule has 2 heterocycles. The first-order valence-corrected chi connectivity index (χ1v) is 10.4. The average molecular weight is 504 g/mol. The van der Waals surface area contributed by atoms with Gasteiger partial charge in [-0.2, -0.15) is 0 Å². The highest BCUT2D eigenvalue weighted by molar-refractivity contribution is 9.10. The fraction of sp³-hybridized carbons (Fsp3) is 0.250. The van der Waals surface area contributed by atoms with E-state index in [1.807, 2.05) is 0 Å². The molecule has 0 bridgehead atoms. The highest BCUT2D eigenvalue weighted by atomic mass is 79.9. The van der Waals surface area contributed by atoms with Crippen LogP contribution in [0.15, 0.2) is 44.4 Å². The van der Waals surface area contributed by atoms with Crippen molar-refractivity contribution in [3.63, 3.8) is 0 Å². The van der Waals surface area contributed by atoms with Crippen LogP contribution < -0.4 is 5.32 Å². The highest BCUT2D eigenvalue weighted by Crippen LogP contribution is 2.37. The topological polar surface area (TPSA) is 76.5 Å². The van der Waals surface area contributed by atoms with E-state index in [0.717, 1.165) is 0 Å². The molecule has 0 saturated heterocycles. The van der Waals surface area contributed by atoms with Gasteiger partial charge in [0.2, 0.25) is 0 Å². The number of carbonyl (C=O) groups excluding carboxylic acids is 1. The number of aromatic nitrogens is 2. The summed E-state index contributed by atoms with van der Waals surface area (Å²) in [4.78, 5) is 17.2. The number of alkyl halides is 1. The van der Waals surface area contributed by atoms with Crippen molar-refractivity contribution < 1.29 is 13.9 Å². The van der Waals surface area contributed by atoms with Gasteiger partial charge in [-0.3, -0.25) is 4.99 Å². The lowest BCUT2D eigenvalue weighted by Gasteiger charge is -2.26. The van der Waals surface area contributed by atoms with Gasteiger partial charge in [0.25, 0.3) is 0 Å². The monoisotopic (exact) mass is 502 g/mol. The zero-order valence-corrected chi connectivity index (χ0v) is 17.5. The first-order chi connectivity index (χ1) is 12.5. The van der Waals surface area contributed by atoms with Crippen LogP contribution in [0.2, 0.25) is 0 Å². The van der Waals surface area contributed by atoms with Gasteiger partial charge in [-0.15, -0.1) is 10.2 Å². The standard InChI is InChI=1S/C16H13Br2FN4O2S/c1-2-25-16(24)12-11(6-17)21-14(15-23-20-7-26-15)22-13(12)9-4-3-8(19)5-10(9)18/h3-5,7,13H,2,6H2,1H3,(H,21,22). The van der Waals surface area contributed by atoms with Gasteiger partial charge in [-0.1, -0.05) is 49.3 Å². The van der Waals surface area contributed by atoms with E-state index in [-0.39, 0.29) is 12.4 Å². The summed E-state index contributed by atoms with van der Waals surface area (Å²) in [7, 11) is 0. The number of ether oxygens (including phenoxy) is 1. The van der Waals surface area contributed by atoms with Crippen LogP contribution in [-0.4, -0.2) is 33.9 Å². The summed E-state index contributed by atoms with van der Waals surface area (Å²) in [5.74, 6) is -0.364. The van der Waals surface area contributed by atoms with Crippen molar-refractivity contribution in [2.24, 2.45) is 4.99 Å². The predicted molar refractivity (Wildman–Crippen MR) is 104 cm³/mol. The lowest BCUT2D eigenvalue weighted by molar-refractivity contribution is -0.138. The molecule has 6 nitrogen and oxygen atoms in total. The Bertz CT molecular complexity index is 886. The number of nitrogens with zero attached hydrogens (tertiary/aromatic N) is 3. The Morgan fingerprint density at radius 1 is 1.46 bits per heavy atom. The van der Waals surface area contributed by atoms with Crippen LogP contribution in [0.4, 0.5) is 4.39 Å². The number of rotatable bonds is 5. The van der Waals surface area contributed by atoms with E-state index < -0.39 is 12.0 Å². The molecule has 2 aromatic rings. The summed E-state index contributed by atoms with van der Waals surface area (Å²) >= 11 is 8.10. The maximum Gasteiger partial charge on any atom is 0.338 e. The minimum Gasteiger partial charge on any atom is -0.463 e. The first-order valence-electron chi connectivity index (χ1n) is 7.57. The number of amidine groups is 1. The van der Waals surface area contributed by atoms with Gasteiger partial charge in [0.05, 0.1) is 12.2 Å². The normalized spacial score (nSPS) is 16.9. The minimum atomic E-state index is -0.670. The molecule has 1 atom stereocenters. The molecule has 1 unspecified atom stereocenters. The SMILES string of the molecule is CCOC(=O)C1=C(CBr)NC(c2nncs2)=NC1c1ccc(F)cc1Br. The van der Waals surface area contributed by atoms with Gasteiger partial charge >= 0.3 is 5.97 Å². The van der Waals surface area contributed by atoms with E-state index in [0.29, 0.717) is 37.5 Å². The lowest BCUT2D eigenvalue weighted by atomic mass is 9.96. The fourth-order valence-corrected chi connectivity index (χ4v) is 4.00. The highest BCUT2D eigenvalue weighted by Gasteiger charge is 2.33. The number of esters is 1. The molecule has 0 fully saturated rings. The molecule has 1 aromatic carbocycles. The number of aliphatic imine (C=N–C) groups is 1. The molecule has 1 aliphatic rings. The molecule has 10 heteroatoms. The molecular weight excluding hydrogens is 491 g/mol. The van der Waals surface area contributed by atoms with Gasteiger partial charge in [0.15, 0.2) is 10.8 Å². The number of allylic oxidation sites excluding steroid dienone is 1. The largest absolute Gasteiger partial charge is 0.463 e. The number of benzene rings is 1. The van der Waals surface area contributed by atoms with Gasteiger partial charge in [-0.05, 0) is 24.6 Å². The summed E-state index contributed by atoms with van der Waals surface area (Å²) in [5, 5.41) is 12.0. The number of halogens is 3. The van der Waals surface area contributed by atoms with Crippen molar-refractivity contribution in [2.45, 2.75) is 13.0 Å². The number of nitrogens with one attached hydrogen (secondary N) is 1. The van der Waals surface area contributed by atoms with E-state index in [2.05, 4.69) is 52.4 Å². The Hall–Kier alpha value is -1.65. The molecule has 0 amide bonds. The van der Waals surface area contributed by atoms with Crippen LogP contribution in [-0.2, 0) is 9.53 Å². The maximum absolute atomic E-state index is 13.5. The fourth-order valence-electron chi connectivity index (χ4n) is 2.48. The Balaban J connectivity index is 2.15. The zero-order chi connectivity index (χ0) is 18.7. The Morgan fingerprint density at radius 3 is 2.88 bits per heavy atom. The number of hydrogen-bond donors (Lipinski definition) is 1. The smallest absolute Gasteiger partial charge is 0.338 e. The summed E-state index contributed by atoms with van der Waals surface area (Å²) in [6, 6.07) is 3.60. The summed E-state index contributed by atoms with van der Waals surface area (Å²) < 4.78 is 19.3. The van der Waals surface area contributed by atoms with Crippen molar-refractivity contribution in [3.05, 3.63) is 55.8 Å².